The van der Waals surface area contributed by atoms with Gasteiger partial charge in [0.05, 0.1) is 0 Å². The van der Waals surface area contributed by atoms with E-state index in [4.69, 9.17) is 9.47 Å². The molecular formula is C22H22O6. The average Bonchev–Trinajstić information content (AvgIpc) is 2.71. The van der Waals surface area contributed by atoms with E-state index in [2.05, 4.69) is 0 Å². The third-order valence-electron chi connectivity index (χ3n) is 3.85. The first-order valence-electron chi connectivity index (χ1n) is 8.95. The van der Waals surface area contributed by atoms with E-state index in [9.17, 15) is 19.2 Å². The summed E-state index contributed by atoms with van der Waals surface area (Å²) in [7, 11) is 0. The summed E-state index contributed by atoms with van der Waals surface area (Å²) >= 11 is 0. The Labute approximate surface area is 163 Å². The minimum Gasteiger partial charge on any atom is -0.460 e. The molecule has 0 bridgehead atoms. The standard InChI is InChI=1S/C22H22O6/c23-19(13-21(25)27-15-17-7-3-1-4-8-17)11-12-20(24)14-22(26)28-16-18-9-5-2-6-10-18/h1-10H,11-16H2. The van der Waals surface area contributed by atoms with E-state index < -0.39 is 36.3 Å². The van der Waals surface area contributed by atoms with Crippen molar-refractivity contribution in [3.8, 4) is 0 Å². The zero-order valence-electron chi connectivity index (χ0n) is 15.5. The molecule has 0 unspecified atom stereocenters. The van der Waals surface area contributed by atoms with Crippen molar-refractivity contribution in [3.05, 3.63) is 71.8 Å². The van der Waals surface area contributed by atoms with Gasteiger partial charge in [0.25, 0.3) is 0 Å². The van der Waals surface area contributed by atoms with Crippen LogP contribution in [0.3, 0.4) is 0 Å². The lowest BCUT2D eigenvalue weighted by Gasteiger charge is -2.05. The van der Waals surface area contributed by atoms with Gasteiger partial charge in [0.2, 0.25) is 0 Å². The van der Waals surface area contributed by atoms with Crippen molar-refractivity contribution >= 4 is 23.5 Å². The van der Waals surface area contributed by atoms with Crippen molar-refractivity contribution in [2.45, 2.75) is 38.9 Å². The minimum absolute atomic E-state index is 0.0964. The molecule has 2 aromatic carbocycles. The molecule has 0 aliphatic rings. The van der Waals surface area contributed by atoms with Crippen LogP contribution >= 0.6 is 0 Å². The van der Waals surface area contributed by atoms with E-state index in [1.54, 1.807) is 0 Å². The number of rotatable bonds is 11. The number of carbonyl (C=O) groups excluding carboxylic acids is 4. The predicted molar refractivity (Wildman–Crippen MR) is 101 cm³/mol. The Morgan fingerprint density at radius 2 is 0.929 bits per heavy atom. The molecule has 0 aliphatic carbocycles. The SMILES string of the molecule is O=C(CCC(=O)CC(=O)OCc1ccccc1)CC(=O)OCc1ccccc1. The van der Waals surface area contributed by atoms with Gasteiger partial charge in [0, 0.05) is 12.8 Å². The van der Waals surface area contributed by atoms with Crippen molar-refractivity contribution < 1.29 is 28.7 Å². The fraction of sp³-hybridized carbons (Fsp3) is 0.273. The monoisotopic (exact) mass is 382 g/mol. The lowest BCUT2D eigenvalue weighted by molar-refractivity contribution is -0.149. The first-order valence-corrected chi connectivity index (χ1v) is 8.95. The molecule has 0 N–H and O–H groups in total. The topological polar surface area (TPSA) is 86.7 Å². The highest BCUT2D eigenvalue weighted by Crippen LogP contribution is 2.06. The maximum atomic E-state index is 11.8. The summed E-state index contributed by atoms with van der Waals surface area (Å²) in [6.45, 7) is 0.193. The second kappa shape index (κ2) is 11.4. The third kappa shape index (κ3) is 8.40. The first-order chi connectivity index (χ1) is 13.5. The predicted octanol–water partition coefficient (Wildman–Crippen LogP) is 3.17. The van der Waals surface area contributed by atoms with Crippen molar-refractivity contribution in [2.75, 3.05) is 0 Å². The molecule has 0 aromatic heterocycles. The van der Waals surface area contributed by atoms with Gasteiger partial charge in [-0.3, -0.25) is 19.2 Å². The van der Waals surface area contributed by atoms with E-state index in [0.29, 0.717) is 0 Å². The summed E-state index contributed by atoms with van der Waals surface area (Å²) < 4.78 is 10.1. The largest absolute Gasteiger partial charge is 0.460 e. The van der Waals surface area contributed by atoms with Gasteiger partial charge in [-0.15, -0.1) is 0 Å². The summed E-state index contributed by atoms with van der Waals surface area (Å²) in [5, 5.41) is 0. The van der Waals surface area contributed by atoms with Gasteiger partial charge < -0.3 is 9.47 Å². The molecule has 0 aliphatic heterocycles. The Hall–Kier alpha value is -3.28. The first kappa shape index (κ1) is 21.0. The molecular weight excluding hydrogens is 360 g/mol. The molecule has 146 valence electrons. The van der Waals surface area contributed by atoms with Crippen LogP contribution in [-0.4, -0.2) is 23.5 Å². The Bertz CT molecular complexity index is 729. The van der Waals surface area contributed by atoms with Crippen LogP contribution < -0.4 is 0 Å². The van der Waals surface area contributed by atoms with Crippen LogP contribution in [0, 0.1) is 0 Å². The highest BCUT2D eigenvalue weighted by Gasteiger charge is 2.15. The van der Waals surface area contributed by atoms with Crippen molar-refractivity contribution in [1.82, 2.24) is 0 Å². The second-order valence-corrected chi connectivity index (χ2v) is 6.22. The highest BCUT2D eigenvalue weighted by atomic mass is 16.5. The third-order valence-corrected chi connectivity index (χ3v) is 3.85. The molecule has 0 spiro atoms. The lowest BCUT2D eigenvalue weighted by atomic mass is 10.1. The lowest BCUT2D eigenvalue weighted by Crippen LogP contribution is -2.15. The van der Waals surface area contributed by atoms with Gasteiger partial charge in [-0.05, 0) is 11.1 Å². The Kier molecular flexibility index (Phi) is 8.59. The smallest absolute Gasteiger partial charge is 0.313 e. The van der Waals surface area contributed by atoms with E-state index >= 15 is 0 Å². The number of ether oxygens (including phenoxy) is 2. The van der Waals surface area contributed by atoms with Gasteiger partial charge in [0.1, 0.15) is 37.6 Å². The van der Waals surface area contributed by atoms with Crippen LogP contribution in [0.5, 0.6) is 0 Å². The fourth-order valence-corrected chi connectivity index (χ4v) is 2.36. The molecule has 2 aromatic rings. The van der Waals surface area contributed by atoms with Crippen LogP contribution in [-0.2, 0) is 41.9 Å². The van der Waals surface area contributed by atoms with Gasteiger partial charge in [-0.2, -0.15) is 0 Å². The summed E-state index contributed by atoms with van der Waals surface area (Å²) in [5.41, 5.74) is 1.65. The van der Waals surface area contributed by atoms with E-state index in [1.165, 1.54) is 0 Å². The molecule has 0 saturated carbocycles. The molecule has 0 heterocycles. The summed E-state index contributed by atoms with van der Waals surface area (Å²) in [5.74, 6) is -2.07. The fourth-order valence-electron chi connectivity index (χ4n) is 2.36. The van der Waals surface area contributed by atoms with Crippen LogP contribution in [0.2, 0.25) is 0 Å². The zero-order chi connectivity index (χ0) is 20.2. The molecule has 0 saturated heterocycles. The quantitative estimate of drug-likeness (QED) is 0.438. The summed E-state index contributed by atoms with van der Waals surface area (Å²) in [6, 6.07) is 18.2. The summed E-state index contributed by atoms with van der Waals surface area (Å²) in [6.07, 6.45) is -0.992. The molecule has 2 rings (SSSR count). The number of esters is 2. The van der Waals surface area contributed by atoms with E-state index in [-0.39, 0.29) is 26.1 Å². The van der Waals surface area contributed by atoms with Gasteiger partial charge in [0.15, 0.2) is 0 Å². The van der Waals surface area contributed by atoms with E-state index in [1.807, 2.05) is 60.7 Å². The van der Waals surface area contributed by atoms with Crippen LogP contribution in [0.4, 0.5) is 0 Å². The number of ketones is 2. The van der Waals surface area contributed by atoms with Gasteiger partial charge in [-0.1, -0.05) is 60.7 Å². The molecule has 0 amide bonds. The average molecular weight is 382 g/mol. The number of hydrogen-bond acceptors (Lipinski definition) is 6. The van der Waals surface area contributed by atoms with Crippen LogP contribution in [0.1, 0.15) is 36.8 Å². The van der Waals surface area contributed by atoms with Gasteiger partial charge >= 0.3 is 11.9 Å². The van der Waals surface area contributed by atoms with E-state index in [0.717, 1.165) is 11.1 Å². The number of benzene rings is 2. The highest BCUT2D eigenvalue weighted by molar-refractivity contribution is 6.00. The summed E-state index contributed by atoms with van der Waals surface area (Å²) in [4.78, 5) is 46.9. The van der Waals surface area contributed by atoms with Gasteiger partial charge in [-0.25, -0.2) is 0 Å². The Morgan fingerprint density at radius 1 is 0.571 bits per heavy atom. The molecule has 6 nitrogen and oxygen atoms in total. The molecule has 6 heteroatoms. The Balaban J connectivity index is 1.60. The van der Waals surface area contributed by atoms with Crippen molar-refractivity contribution in [2.24, 2.45) is 0 Å². The molecule has 0 atom stereocenters. The molecule has 0 radical (unpaired) electrons. The van der Waals surface area contributed by atoms with Crippen LogP contribution in [0.15, 0.2) is 60.7 Å². The number of Topliss-reactive ketones (excluding diaryl/α,β-unsaturated/α-hetero) is 2. The number of hydrogen-bond donors (Lipinski definition) is 0. The number of carbonyl (C=O) groups is 4. The molecule has 28 heavy (non-hydrogen) atoms. The Morgan fingerprint density at radius 3 is 1.29 bits per heavy atom. The van der Waals surface area contributed by atoms with Crippen molar-refractivity contribution in [3.63, 3.8) is 0 Å². The van der Waals surface area contributed by atoms with Crippen LogP contribution in [0.25, 0.3) is 0 Å². The maximum absolute atomic E-state index is 11.8. The molecule has 0 fully saturated rings. The zero-order valence-corrected chi connectivity index (χ0v) is 15.5. The maximum Gasteiger partial charge on any atom is 0.313 e. The second-order valence-electron chi connectivity index (χ2n) is 6.22. The van der Waals surface area contributed by atoms with Crippen molar-refractivity contribution in [1.29, 1.82) is 0 Å². The minimum atomic E-state index is -0.636. The normalized spacial score (nSPS) is 10.1.